The van der Waals surface area contributed by atoms with E-state index >= 15 is 0 Å². The molecule has 122 valence electrons. The molecule has 1 aromatic carbocycles. The number of rotatable bonds is 8. The lowest BCUT2D eigenvalue weighted by atomic mass is 10.1. The smallest absolute Gasteiger partial charge is 0.233 e. The minimum Gasteiger partial charge on any atom is -0.497 e. The average Bonchev–Trinajstić information content (AvgIpc) is 2.59. The fraction of sp³-hybridized carbons (Fsp3) is 0.294. The van der Waals surface area contributed by atoms with Gasteiger partial charge in [0, 0.05) is 5.69 Å². The van der Waals surface area contributed by atoms with Gasteiger partial charge < -0.3 is 14.8 Å². The summed E-state index contributed by atoms with van der Waals surface area (Å²) in [5.74, 6) is 1.20. The van der Waals surface area contributed by atoms with Gasteiger partial charge in [-0.2, -0.15) is 4.98 Å². The molecule has 1 N–H and O–H groups in total. The van der Waals surface area contributed by atoms with Crippen molar-refractivity contribution in [3.63, 3.8) is 0 Å². The summed E-state index contributed by atoms with van der Waals surface area (Å²) in [5, 5.41) is 3.76. The SMILES string of the molecule is C=CCC[C@@H](Nc1ccc(OC)cc1)c1ncc(OC)nc1Cl. The Morgan fingerprint density at radius 3 is 2.57 bits per heavy atom. The molecule has 0 aliphatic heterocycles. The number of halogens is 1. The standard InChI is InChI=1S/C17H20ClN3O2/c1-4-5-6-14(16-17(18)21-15(23-3)11-19-16)20-12-7-9-13(22-2)10-8-12/h4,7-11,14,20H,1,5-6H2,2-3H3/t14-/m1/s1. The summed E-state index contributed by atoms with van der Waals surface area (Å²) >= 11 is 6.26. The van der Waals surface area contributed by atoms with Gasteiger partial charge in [-0.3, -0.25) is 4.98 Å². The molecule has 23 heavy (non-hydrogen) atoms. The van der Waals surface area contributed by atoms with Crippen LogP contribution in [0.3, 0.4) is 0 Å². The number of methoxy groups -OCH3 is 2. The van der Waals surface area contributed by atoms with Crippen LogP contribution in [0.1, 0.15) is 24.6 Å². The fourth-order valence-corrected chi connectivity index (χ4v) is 2.41. The Balaban J connectivity index is 2.23. The summed E-state index contributed by atoms with van der Waals surface area (Å²) in [5.41, 5.74) is 1.64. The molecule has 0 saturated heterocycles. The highest BCUT2D eigenvalue weighted by atomic mass is 35.5. The van der Waals surface area contributed by atoms with Crippen molar-refractivity contribution in [3.05, 3.63) is 54.0 Å². The van der Waals surface area contributed by atoms with Crippen LogP contribution in [0, 0.1) is 0 Å². The Bertz CT molecular complexity index is 647. The third-order valence-electron chi connectivity index (χ3n) is 3.36. The van der Waals surface area contributed by atoms with Gasteiger partial charge in [0.2, 0.25) is 5.88 Å². The van der Waals surface area contributed by atoms with Crippen molar-refractivity contribution in [2.45, 2.75) is 18.9 Å². The number of hydrogen-bond acceptors (Lipinski definition) is 5. The topological polar surface area (TPSA) is 56.3 Å². The lowest BCUT2D eigenvalue weighted by Crippen LogP contribution is -2.13. The number of ether oxygens (including phenoxy) is 2. The quantitative estimate of drug-likeness (QED) is 0.731. The van der Waals surface area contributed by atoms with Crippen LogP contribution in [0.4, 0.5) is 5.69 Å². The van der Waals surface area contributed by atoms with E-state index < -0.39 is 0 Å². The van der Waals surface area contributed by atoms with Gasteiger partial charge >= 0.3 is 0 Å². The van der Waals surface area contributed by atoms with Gasteiger partial charge in [0.05, 0.1) is 26.5 Å². The molecule has 0 amide bonds. The van der Waals surface area contributed by atoms with E-state index in [2.05, 4.69) is 21.9 Å². The lowest BCUT2D eigenvalue weighted by Gasteiger charge is -2.20. The van der Waals surface area contributed by atoms with Crippen LogP contribution in [0.5, 0.6) is 11.6 Å². The molecule has 1 aromatic heterocycles. The molecule has 0 spiro atoms. The zero-order chi connectivity index (χ0) is 16.7. The Kier molecular flexibility index (Phi) is 6.23. The summed E-state index contributed by atoms with van der Waals surface area (Å²) in [7, 11) is 3.17. The fourth-order valence-electron chi connectivity index (χ4n) is 2.14. The molecule has 0 aliphatic rings. The van der Waals surface area contributed by atoms with Crippen LogP contribution in [0.2, 0.25) is 5.15 Å². The molecule has 1 atom stereocenters. The molecular weight excluding hydrogens is 314 g/mol. The molecule has 0 bridgehead atoms. The first-order chi connectivity index (χ1) is 11.2. The van der Waals surface area contributed by atoms with Crippen LogP contribution in [0.25, 0.3) is 0 Å². The minimum absolute atomic E-state index is 0.0766. The van der Waals surface area contributed by atoms with Crippen LogP contribution in [0.15, 0.2) is 43.1 Å². The molecule has 6 heteroatoms. The molecule has 5 nitrogen and oxygen atoms in total. The van der Waals surface area contributed by atoms with Crippen molar-refractivity contribution in [2.75, 3.05) is 19.5 Å². The highest BCUT2D eigenvalue weighted by Crippen LogP contribution is 2.28. The van der Waals surface area contributed by atoms with Crippen LogP contribution < -0.4 is 14.8 Å². The number of aromatic nitrogens is 2. The Morgan fingerprint density at radius 2 is 2.00 bits per heavy atom. The van der Waals surface area contributed by atoms with E-state index in [9.17, 15) is 0 Å². The molecule has 0 unspecified atom stereocenters. The van der Waals surface area contributed by atoms with Crippen LogP contribution in [-0.2, 0) is 0 Å². The maximum atomic E-state index is 6.26. The zero-order valence-corrected chi connectivity index (χ0v) is 14.0. The summed E-state index contributed by atoms with van der Waals surface area (Å²) in [4.78, 5) is 8.58. The third-order valence-corrected chi connectivity index (χ3v) is 3.64. The highest BCUT2D eigenvalue weighted by Gasteiger charge is 2.17. The van der Waals surface area contributed by atoms with Crippen molar-refractivity contribution in [3.8, 4) is 11.6 Å². The lowest BCUT2D eigenvalue weighted by molar-refractivity contribution is 0.394. The second kappa shape index (κ2) is 8.39. The van der Waals surface area contributed by atoms with Crippen molar-refractivity contribution in [2.24, 2.45) is 0 Å². The van der Waals surface area contributed by atoms with E-state index in [-0.39, 0.29) is 6.04 Å². The molecular formula is C17H20ClN3O2. The van der Waals surface area contributed by atoms with E-state index in [0.29, 0.717) is 16.7 Å². The van der Waals surface area contributed by atoms with E-state index in [1.165, 1.54) is 7.11 Å². The monoisotopic (exact) mass is 333 g/mol. The van der Waals surface area contributed by atoms with E-state index in [1.807, 2.05) is 30.3 Å². The molecule has 0 fully saturated rings. The number of nitrogens with zero attached hydrogens (tertiary/aromatic N) is 2. The van der Waals surface area contributed by atoms with Crippen molar-refractivity contribution < 1.29 is 9.47 Å². The van der Waals surface area contributed by atoms with Gasteiger partial charge in [0.1, 0.15) is 11.4 Å². The maximum absolute atomic E-state index is 6.26. The molecule has 0 saturated carbocycles. The van der Waals surface area contributed by atoms with Gasteiger partial charge in [0.25, 0.3) is 0 Å². The molecule has 0 radical (unpaired) electrons. The predicted octanol–water partition coefficient (Wildman–Crippen LogP) is 4.27. The van der Waals surface area contributed by atoms with Crippen molar-refractivity contribution in [1.29, 1.82) is 0 Å². The van der Waals surface area contributed by atoms with Crippen molar-refractivity contribution >= 4 is 17.3 Å². The second-order valence-corrected chi connectivity index (χ2v) is 5.24. The number of hydrogen-bond donors (Lipinski definition) is 1. The van der Waals surface area contributed by atoms with Gasteiger partial charge in [0.15, 0.2) is 5.15 Å². The van der Waals surface area contributed by atoms with E-state index in [0.717, 1.165) is 24.3 Å². The first kappa shape index (κ1) is 17.1. The number of nitrogens with one attached hydrogen (secondary N) is 1. The Labute approximate surface area is 141 Å². The molecule has 1 heterocycles. The second-order valence-electron chi connectivity index (χ2n) is 4.88. The molecule has 0 aliphatic carbocycles. The summed E-state index contributed by atoms with van der Waals surface area (Å²) in [6, 6.07) is 7.62. The molecule has 2 rings (SSSR count). The maximum Gasteiger partial charge on any atom is 0.233 e. The highest BCUT2D eigenvalue weighted by molar-refractivity contribution is 6.30. The molecule has 2 aromatic rings. The third kappa shape index (κ3) is 4.60. The van der Waals surface area contributed by atoms with E-state index in [4.69, 9.17) is 21.1 Å². The predicted molar refractivity (Wildman–Crippen MR) is 92.4 cm³/mol. The normalized spacial score (nSPS) is 11.6. The number of anilines is 1. The Morgan fingerprint density at radius 1 is 1.26 bits per heavy atom. The van der Waals surface area contributed by atoms with Crippen molar-refractivity contribution in [1.82, 2.24) is 9.97 Å². The zero-order valence-electron chi connectivity index (χ0n) is 13.3. The van der Waals surface area contributed by atoms with Gasteiger partial charge in [-0.15, -0.1) is 6.58 Å². The first-order valence-corrected chi connectivity index (χ1v) is 7.63. The largest absolute Gasteiger partial charge is 0.497 e. The summed E-state index contributed by atoms with van der Waals surface area (Å²) in [6.07, 6.45) is 5.07. The first-order valence-electron chi connectivity index (χ1n) is 7.25. The van der Waals surface area contributed by atoms with Crippen LogP contribution in [-0.4, -0.2) is 24.2 Å². The minimum atomic E-state index is -0.0766. The number of benzene rings is 1. The average molecular weight is 334 g/mol. The summed E-state index contributed by atoms with van der Waals surface area (Å²) < 4.78 is 10.2. The van der Waals surface area contributed by atoms with Gasteiger partial charge in [-0.05, 0) is 37.1 Å². The van der Waals surface area contributed by atoms with E-state index in [1.54, 1.807) is 13.3 Å². The van der Waals surface area contributed by atoms with Gasteiger partial charge in [-0.25, -0.2) is 0 Å². The van der Waals surface area contributed by atoms with Gasteiger partial charge in [-0.1, -0.05) is 17.7 Å². The number of allylic oxidation sites excluding steroid dienone is 1. The van der Waals surface area contributed by atoms with Crippen LogP contribution >= 0.6 is 11.6 Å². The summed E-state index contributed by atoms with van der Waals surface area (Å²) in [6.45, 7) is 3.77. The Hall–Kier alpha value is -2.27.